The highest BCUT2D eigenvalue weighted by Gasteiger charge is 2.53. The van der Waals surface area contributed by atoms with Gasteiger partial charge in [0.15, 0.2) is 18.8 Å². The highest BCUT2D eigenvalue weighted by molar-refractivity contribution is 5.69. The number of esters is 4. The second-order valence-corrected chi connectivity index (χ2v) is 7.34. The number of carbonyl (C=O) groups excluding carboxylic acids is 4. The first kappa shape index (κ1) is 27.4. The molecule has 1 aliphatic rings. The van der Waals surface area contributed by atoms with Gasteiger partial charge in [0.2, 0.25) is 12.4 Å². The van der Waals surface area contributed by atoms with Gasteiger partial charge < -0.3 is 38.3 Å². The topological polar surface area (TPSA) is 170 Å². The van der Waals surface area contributed by atoms with E-state index < -0.39 is 67.2 Å². The Bertz CT molecular complexity index is 926. The Balaban J connectivity index is 2.36. The van der Waals surface area contributed by atoms with Crippen LogP contribution in [0.25, 0.3) is 0 Å². The lowest BCUT2D eigenvalue weighted by atomic mass is 9.98. The van der Waals surface area contributed by atoms with Crippen LogP contribution in [-0.4, -0.2) is 78.9 Å². The molecular formula is C22H26O13. The smallest absolute Gasteiger partial charge is 0.341 e. The van der Waals surface area contributed by atoms with Crippen molar-refractivity contribution in [2.45, 2.75) is 58.4 Å². The normalized spacial score (nSPS) is 23.4. The molecule has 0 bridgehead atoms. The first-order valence-corrected chi connectivity index (χ1v) is 10.4. The molecule has 1 N–H and O–H groups in total. The maximum atomic E-state index is 11.8. The number of benzene rings is 1. The van der Waals surface area contributed by atoms with Crippen molar-refractivity contribution in [1.82, 2.24) is 0 Å². The molecule has 192 valence electrons. The van der Waals surface area contributed by atoms with Gasteiger partial charge >= 0.3 is 29.8 Å². The average Bonchev–Trinajstić information content (AvgIpc) is 2.75. The van der Waals surface area contributed by atoms with Crippen molar-refractivity contribution in [3.63, 3.8) is 0 Å². The van der Waals surface area contributed by atoms with Crippen molar-refractivity contribution < 1.29 is 62.2 Å². The van der Waals surface area contributed by atoms with Gasteiger partial charge in [-0.25, -0.2) is 4.79 Å². The molecule has 1 fully saturated rings. The quantitative estimate of drug-likeness (QED) is 0.352. The van der Waals surface area contributed by atoms with E-state index in [0.29, 0.717) is 0 Å². The van der Waals surface area contributed by atoms with Gasteiger partial charge in [-0.15, -0.1) is 0 Å². The summed E-state index contributed by atoms with van der Waals surface area (Å²) in [5.41, 5.74) is 0. The lowest BCUT2D eigenvalue weighted by Crippen LogP contribution is -2.63. The first-order chi connectivity index (χ1) is 16.5. The van der Waals surface area contributed by atoms with Crippen LogP contribution in [0, 0.1) is 0 Å². The largest absolute Gasteiger partial charge is 0.482 e. The van der Waals surface area contributed by atoms with E-state index in [0.717, 1.165) is 27.7 Å². The molecule has 1 aromatic carbocycles. The lowest BCUT2D eigenvalue weighted by molar-refractivity contribution is -0.288. The Morgan fingerprint density at radius 2 is 1.29 bits per heavy atom. The van der Waals surface area contributed by atoms with Crippen molar-refractivity contribution >= 4 is 29.8 Å². The number of carbonyl (C=O) groups is 5. The monoisotopic (exact) mass is 498 g/mol. The third-order valence-electron chi connectivity index (χ3n) is 4.39. The summed E-state index contributed by atoms with van der Waals surface area (Å²) >= 11 is 0. The number of ether oxygens (including phenoxy) is 7. The summed E-state index contributed by atoms with van der Waals surface area (Å²) in [5.74, 6) is -3.63. The van der Waals surface area contributed by atoms with Crippen molar-refractivity contribution in [2.24, 2.45) is 0 Å². The van der Waals surface area contributed by atoms with Crippen LogP contribution in [-0.2, 0) is 47.7 Å². The van der Waals surface area contributed by atoms with Gasteiger partial charge in [0, 0.05) is 27.7 Å². The Labute approximate surface area is 200 Å². The highest BCUT2D eigenvalue weighted by atomic mass is 16.7. The standard InChI is InChI=1S/C22H26O13/c1-11(23)29-9-17-19(31-12(2)24)20(32-13(3)25)21(33-14(4)26)22(35-17)34-16-7-5-15(6-8-16)30-10-18(27)28/h5-8,17,19-22H,9-10H2,1-4H3,(H,27,28)/t17-,19-,20+,21-,22-/m1/s1. The van der Waals surface area contributed by atoms with E-state index in [-0.39, 0.29) is 18.1 Å². The van der Waals surface area contributed by atoms with Crippen molar-refractivity contribution in [1.29, 1.82) is 0 Å². The van der Waals surface area contributed by atoms with Gasteiger partial charge in [-0.3, -0.25) is 19.2 Å². The minimum atomic E-state index is -1.39. The summed E-state index contributed by atoms with van der Waals surface area (Å²) in [6, 6.07) is 5.74. The van der Waals surface area contributed by atoms with E-state index in [4.69, 9.17) is 38.3 Å². The first-order valence-electron chi connectivity index (χ1n) is 10.4. The number of carboxylic acid groups (broad SMARTS) is 1. The second-order valence-electron chi connectivity index (χ2n) is 7.34. The molecule has 2 rings (SSSR count). The minimum Gasteiger partial charge on any atom is -0.482 e. The Morgan fingerprint density at radius 1 is 0.771 bits per heavy atom. The van der Waals surface area contributed by atoms with Gasteiger partial charge in [-0.05, 0) is 24.3 Å². The molecule has 5 atom stereocenters. The minimum absolute atomic E-state index is 0.188. The molecule has 35 heavy (non-hydrogen) atoms. The molecule has 0 spiro atoms. The number of hydrogen-bond donors (Lipinski definition) is 1. The van der Waals surface area contributed by atoms with Crippen molar-refractivity contribution in [2.75, 3.05) is 13.2 Å². The van der Waals surface area contributed by atoms with Crippen LogP contribution in [0.2, 0.25) is 0 Å². The molecule has 0 amide bonds. The van der Waals surface area contributed by atoms with Gasteiger partial charge in [-0.1, -0.05) is 0 Å². The molecule has 0 unspecified atom stereocenters. The molecule has 1 aromatic rings. The third-order valence-corrected chi connectivity index (χ3v) is 4.39. The van der Waals surface area contributed by atoms with Crippen LogP contribution in [0.3, 0.4) is 0 Å². The molecule has 1 heterocycles. The van der Waals surface area contributed by atoms with Crippen LogP contribution in [0.4, 0.5) is 0 Å². The van der Waals surface area contributed by atoms with Gasteiger partial charge in [0.05, 0.1) is 0 Å². The predicted molar refractivity (Wildman–Crippen MR) is 112 cm³/mol. The molecule has 0 radical (unpaired) electrons. The zero-order valence-corrected chi connectivity index (χ0v) is 19.5. The fraction of sp³-hybridized carbons (Fsp3) is 0.500. The maximum Gasteiger partial charge on any atom is 0.341 e. The highest BCUT2D eigenvalue weighted by Crippen LogP contribution is 2.31. The Morgan fingerprint density at radius 3 is 1.80 bits per heavy atom. The van der Waals surface area contributed by atoms with E-state index in [2.05, 4.69) is 0 Å². The summed E-state index contributed by atoms with van der Waals surface area (Å²) in [6.07, 6.45) is -6.58. The summed E-state index contributed by atoms with van der Waals surface area (Å²) in [7, 11) is 0. The SMILES string of the molecule is CC(=O)OC[C@H]1O[C@@H](Oc2ccc(OCC(=O)O)cc2)[C@H](OC(C)=O)[C@@H](OC(C)=O)[C@@H]1OC(C)=O. The second kappa shape index (κ2) is 12.6. The number of rotatable bonds is 10. The number of hydrogen-bond acceptors (Lipinski definition) is 12. The lowest BCUT2D eigenvalue weighted by Gasteiger charge is -2.43. The zero-order valence-electron chi connectivity index (χ0n) is 19.5. The molecule has 13 nitrogen and oxygen atoms in total. The van der Waals surface area contributed by atoms with Crippen molar-refractivity contribution in [3.8, 4) is 11.5 Å². The number of aliphatic carboxylic acids is 1. The van der Waals surface area contributed by atoms with Crippen LogP contribution in [0.15, 0.2) is 24.3 Å². The van der Waals surface area contributed by atoms with E-state index in [1.54, 1.807) is 0 Å². The molecule has 0 aliphatic carbocycles. The van der Waals surface area contributed by atoms with E-state index in [1.807, 2.05) is 0 Å². The Kier molecular flexibility index (Phi) is 9.82. The summed E-state index contributed by atoms with van der Waals surface area (Å²) in [4.78, 5) is 57.4. The molecule has 0 aromatic heterocycles. The van der Waals surface area contributed by atoms with Gasteiger partial charge in [-0.2, -0.15) is 0 Å². The third kappa shape index (κ3) is 8.77. The van der Waals surface area contributed by atoms with Crippen LogP contribution in [0.5, 0.6) is 11.5 Å². The Hall–Kier alpha value is -3.87. The summed E-state index contributed by atoms with van der Waals surface area (Å²) < 4.78 is 37.6. The summed E-state index contributed by atoms with van der Waals surface area (Å²) in [5, 5.41) is 8.71. The molecular weight excluding hydrogens is 472 g/mol. The maximum absolute atomic E-state index is 11.8. The van der Waals surface area contributed by atoms with Crippen LogP contribution >= 0.6 is 0 Å². The molecule has 1 aliphatic heterocycles. The fourth-order valence-corrected chi connectivity index (χ4v) is 3.18. The average molecular weight is 498 g/mol. The zero-order chi connectivity index (χ0) is 26.1. The van der Waals surface area contributed by atoms with Gasteiger partial charge in [0.25, 0.3) is 0 Å². The van der Waals surface area contributed by atoms with Gasteiger partial charge in [0.1, 0.15) is 24.2 Å². The van der Waals surface area contributed by atoms with E-state index in [9.17, 15) is 24.0 Å². The van der Waals surface area contributed by atoms with E-state index >= 15 is 0 Å². The van der Waals surface area contributed by atoms with Crippen LogP contribution < -0.4 is 9.47 Å². The number of carboxylic acids is 1. The summed E-state index contributed by atoms with van der Waals surface area (Å²) in [6.45, 7) is 3.57. The van der Waals surface area contributed by atoms with Crippen LogP contribution in [0.1, 0.15) is 27.7 Å². The molecule has 13 heteroatoms. The molecule has 0 saturated carbocycles. The van der Waals surface area contributed by atoms with E-state index in [1.165, 1.54) is 24.3 Å². The van der Waals surface area contributed by atoms with Crippen molar-refractivity contribution in [3.05, 3.63) is 24.3 Å². The fourth-order valence-electron chi connectivity index (χ4n) is 3.18. The predicted octanol–water partition coefficient (Wildman–Crippen LogP) is 0.612. The molecule has 1 saturated heterocycles.